The normalized spacial score (nSPS) is 20.3. The van der Waals surface area contributed by atoms with Crippen molar-refractivity contribution in [3.05, 3.63) is 17.5 Å². The minimum Gasteiger partial charge on any atom is -0.444 e. The van der Waals surface area contributed by atoms with Crippen LogP contribution in [0.1, 0.15) is 33.6 Å². The van der Waals surface area contributed by atoms with E-state index in [0.717, 1.165) is 44.8 Å². The lowest BCUT2D eigenvalue weighted by atomic mass is 9.73. The zero-order valence-corrected chi connectivity index (χ0v) is 14.6. The minimum absolute atomic E-state index is 0.145. The number of hydrogen-bond acceptors (Lipinski definition) is 5. The van der Waals surface area contributed by atoms with Gasteiger partial charge in [-0.15, -0.1) is 0 Å². The van der Waals surface area contributed by atoms with Crippen molar-refractivity contribution in [2.24, 2.45) is 5.41 Å². The first-order valence-corrected chi connectivity index (χ1v) is 8.36. The molecule has 23 heavy (non-hydrogen) atoms. The average Bonchev–Trinajstić information content (AvgIpc) is 2.43. The van der Waals surface area contributed by atoms with Gasteiger partial charge in [0.25, 0.3) is 0 Å². The van der Waals surface area contributed by atoms with Crippen LogP contribution in [-0.2, 0) is 4.74 Å². The molecule has 2 saturated heterocycles. The van der Waals surface area contributed by atoms with Crippen molar-refractivity contribution in [2.45, 2.75) is 39.2 Å². The zero-order valence-electron chi connectivity index (χ0n) is 13.9. The van der Waals surface area contributed by atoms with Gasteiger partial charge in [-0.3, -0.25) is 0 Å². The number of anilines is 1. The molecule has 7 heteroatoms. The third-order valence-electron chi connectivity index (χ3n) is 4.30. The Morgan fingerprint density at radius 2 is 2.09 bits per heavy atom. The minimum atomic E-state index is -0.453. The van der Waals surface area contributed by atoms with Gasteiger partial charge in [0.05, 0.1) is 0 Å². The number of halogens is 1. The Balaban J connectivity index is 1.61. The first kappa shape index (κ1) is 16.3. The monoisotopic (exact) mass is 338 g/mol. The summed E-state index contributed by atoms with van der Waals surface area (Å²) in [4.78, 5) is 24.5. The molecule has 1 aromatic heterocycles. The van der Waals surface area contributed by atoms with Crippen LogP contribution in [0.2, 0.25) is 5.28 Å². The highest BCUT2D eigenvalue weighted by Gasteiger charge is 2.47. The number of piperidine rings is 1. The van der Waals surface area contributed by atoms with Crippen molar-refractivity contribution < 1.29 is 9.53 Å². The molecule has 1 aromatic rings. The van der Waals surface area contributed by atoms with Crippen LogP contribution in [0.15, 0.2) is 12.3 Å². The second-order valence-corrected chi connectivity index (χ2v) is 7.88. The Labute approximate surface area is 141 Å². The summed E-state index contributed by atoms with van der Waals surface area (Å²) >= 11 is 5.86. The third-order valence-corrected chi connectivity index (χ3v) is 4.48. The van der Waals surface area contributed by atoms with Gasteiger partial charge in [-0.2, -0.15) is 0 Å². The number of amides is 1. The SMILES string of the molecule is CC(C)(C)OC(=O)N1CCCC2(C1)CN(c1ccnc(Cl)n1)C2. The van der Waals surface area contributed by atoms with E-state index in [0.29, 0.717) is 0 Å². The number of hydrogen-bond donors (Lipinski definition) is 0. The summed E-state index contributed by atoms with van der Waals surface area (Å²) in [5, 5.41) is 0.266. The Kier molecular flexibility index (Phi) is 4.12. The topological polar surface area (TPSA) is 58.6 Å². The predicted molar refractivity (Wildman–Crippen MR) is 88.7 cm³/mol. The van der Waals surface area contributed by atoms with Crippen LogP contribution in [0.5, 0.6) is 0 Å². The van der Waals surface area contributed by atoms with E-state index in [2.05, 4.69) is 14.9 Å². The van der Waals surface area contributed by atoms with Crippen LogP contribution in [0, 0.1) is 5.41 Å². The summed E-state index contributed by atoms with van der Waals surface area (Å²) in [5.41, 5.74) is -0.308. The van der Waals surface area contributed by atoms with E-state index in [1.54, 1.807) is 6.20 Å². The van der Waals surface area contributed by atoms with E-state index >= 15 is 0 Å². The molecule has 0 atom stereocenters. The number of rotatable bonds is 1. The van der Waals surface area contributed by atoms with Crippen molar-refractivity contribution in [2.75, 3.05) is 31.1 Å². The molecule has 0 radical (unpaired) electrons. The first-order chi connectivity index (χ1) is 10.8. The fraction of sp³-hybridized carbons (Fsp3) is 0.688. The number of aromatic nitrogens is 2. The van der Waals surface area contributed by atoms with Crippen LogP contribution in [0.25, 0.3) is 0 Å². The van der Waals surface area contributed by atoms with Gasteiger partial charge in [-0.05, 0) is 51.3 Å². The summed E-state index contributed by atoms with van der Waals surface area (Å²) in [6, 6.07) is 1.87. The number of nitrogens with zero attached hydrogens (tertiary/aromatic N) is 4. The maximum atomic E-state index is 12.3. The molecule has 2 fully saturated rings. The van der Waals surface area contributed by atoms with Gasteiger partial charge in [-0.25, -0.2) is 14.8 Å². The van der Waals surface area contributed by atoms with E-state index in [1.165, 1.54) is 0 Å². The van der Waals surface area contributed by atoms with Crippen molar-refractivity contribution >= 4 is 23.5 Å². The van der Waals surface area contributed by atoms with Crippen LogP contribution in [-0.4, -0.2) is 52.7 Å². The molecule has 1 spiro atoms. The number of likely N-dealkylation sites (tertiary alicyclic amines) is 1. The number of ether oxygens (including phenoxy) is 1. The van der Waals surface area contributed by atoms with Gasteiger partial charge in [0, 0.05) is 37.8 Å². The highest BCUT2D eigenvalue weighted by atomic mass is 35.5. The molecule has 126 valence electrons. The molecule has 6 nitrogen and oxygen atoms in total. The van der Waals surface area contributed by atoms with E-state index < -0.39 is 5.60 Å². The highest BCUT2D eigenvalue weighted by Crippen LogP contribution is 2.41. The summed E-state index contributed by atoms with van der Waals surface area (Å²) < 4.78 is 5.50. The van der Waals surface area contributed by atoms with Gasteiger partial charge in [0.15, 0.2) is 0 Å². The Morgan fingerprint density at radius 3 is 2.74 bits per heavy atom. The lowest BCUT2D eigenvalue weighted by molar-refractivity contribution is -0.00155. The summed E-state index contributed by atoms with van der Waals surface area (Å²) in [7, 11) is 0. The van der Waals surface area contributed by atoms with Crippen LogP contribution >= 0.6 is 11.6 Å². The molecule has 0 unspecified atom stereocenters. The summed E-state index contributed by atoms with van der Waals surface area (Å²) in [6.45, 7) is 8.99. The first-order valence-electron chi connectivity index (χ1n) is 7.98. The molecular formula is C16H23ClN4O2. The van der Waals surface area contributed by atoms with E-state index in [1.807, 2.05) is 31.7 Å². The van der Waals surface area contributed by atoms with E-state index in [9.17, 15) is 4.79 Å². The quantitative estimate of drug-likeness (QED) is 0.737. The van der Waals surface area contributed by atoms with Crippen LogP contribution in [0.4, 0.5) is 10.6 Å². The van der Waals surface area contributed by atoms with Gasteiger partial charge >= 0.3 is 6.09 Å². The van der Waals surface area contributed by atoms with Crippen molar-refractivity contribution in [1.29, 1.82) is 0 Å². The van der Waals surface area contributed by atoms with Gasteiger partial charge in [-0.1, -0.05) is 0 Å². The van der Waals surface area contributed by atoms with Crippen molar-refractivity contribution in [1.82, 2.24) is 14.9 Å². The second-order valence-electron chi connectivity index (χ2n) is 7.55. The molecule has 0 saturated carbocycles. The smallest absolute Gasteiger partial charge is 0.410 e. The molecule has 3 rings (SSSR count). The third kappa shape index (κ3) is 3.68. The predicted octanol–water partition coefficient (Wildman–Crippen LogP) is 2.97. The van der Waals surface area contributed by atoms with Crippen LogP contribution in [0.3, 0.4) is 0 Å². The molecule has 0 N–H and O–H groups in total. The van der Waals surface area contributed by atoms with E-state index in [4.69, 9.17) is 16.3 Å². The maximum Gasteiger partial charge on any atom is 0.410 e. The molecule has 0 aromatic carbocycles. The molecule has 2 aliphatic rings. The lowest BCUT2D eigenvalue weighted by Crippen LogP contribution is -2.64. The maximum absolute atomic E-state index is 12.3. The Morgan fingerprint density at radius 1 is 1.35 bits per heavy atom. The van der Waals surface area contributed by atoms with E-state index in [-0.39, 0.29) is 16.8 Å². The largest absolute Gasteiger partial charge is 0.444 e. The molecule has 0 aliphatic carbocycles. The standard InChI is InChI=1S/C16H23ClN4O2/c1-15(2,3)23-14(22)20-8-4-6-16(9-20)10-21(11-16)12-5-7-18-13(17)19-12/h5,7H,4,6,8-11H2,1-3H3. The Bertz CT molecular complexity index is 596. The summed E-state index contributed by atoms with van der Waals surface area (Å²) in [6.07, 6.45) is 3.60. The van der Waals surface area contributed by atoms with Crippen LogP contribution < -0.4 is 4.90 Å². The fourth-order valence-electron chi connectivity index (χ4n) is 3.38. The van der Waals surface area contributed by atoms with Gasteiger partial charge in [0.2, 0.25) is 5.28 Å². The lowest BCUT2D eigenvalue weighted by Gasteiger charge is -2.54. The Hall–Kier alpha value is -1.56. The molecule has 3 heterocycles. The number of carbonyl (C=O) groups is 1. The molecule has 2 aliphatic heterocycles. The molecular weight excluding hydrogens is 316 g/mol. The molecule has 0 bridgehead atoms. The highest BCUT2D eigenvalue weighted by molar-refractivity contribution is 6.28. The number of carbonyl (C=O) groups excluding carboxylic acids is 1. The zero-order chi connectivity index (χ0) is 16.7. The van der Waals surface area contributed by atoms with Crippen molar-refractivity contribution in [3.8, 4) is 0 Å². The molecule has 1 amide bonds. The fourth-order valence-corrected chi connectivity index (χ4v) is 3.52. The van der Waals surface area contributed by atoms with Crippen molar-refractivity contribution in [3.63, 3.8) is 0 Å². The second kappa shape index (κ2) is 5.82. The van der Waals surface area contributed by atoms with Gasteiger partial charge < -0.3 is 14.5 Å². The average molecular weight is 339 g/mol. The van der Waals surface area contributed by atoms with Gasteiger partial charge in [0.1, 0.15) is 11.4 Å². The summed E-state index contributed by atoms with van der Waals surface area (Å²) in [5.74, 6) is 0.852.